The van der Waals surface area contributed by atoms with Crippen molar-refractivity contribution >= 4 is 27.5 Å². The largest absolute Gasteiger partial charge is 0.497 e. The number of sulfonamides is 1. The van der Waals surface area contributed by atoms with Gasteiger partial charge in [-0.25, -0.2) is 8.42 Å². The number of hydrogen-bond acceptors (Lipinski definition) is 5. The Hall–Kier alpha value is -3.85. The lowest BCUT2D eigenvalue weighted by Gasteiger charge is -2.32. The van der Waals surface area contributed by atoms with Crippen molar-refractivity contribution in [3.05, 3.63) is 90.0 Å². The van der Waals surface area contributed by atoms with Crippen LogP contribution < -0.4 is 14.4 Å². The number of anilines is 1. The van der Waals surface area contributed by atoms with Crippen LogP contribution in [0.2, 0.25) is 0 Å². The van der Waals surface area contributed by atoms with Crippen LogP contribution in [0.3, 0.4) is 0 Å². The average Bonchev–Trinajstić information content (AvgIpc) is 2.92. The molecule has 0 aliphatic rings. The van der Waals surface area contributed by atoms with E-state index >= 15 is 0 Å². The summed E-state index contributed by atoms with van der Waals surface area (Å²) in [4.78, 5) is 28.0. The molecular weight excluding hydrogens is 502 g/mol. The van der Waals surface area contributed by atoms with E-state index in [2.05, 4.69) is 5.32 Å². The smallest absolute Gasteiger partial charge is 0.264 e. The maximum absolute atomic E-state index is 13.8. The lowest BCUT2D eigenvalue weighted by atomic mass is 10.1. The van der Waals surface area contributed by atoms with E-state index in [1.54, 1.807) is 50.2 Å². The summed E-state index contributed by atoms with van der Waals surface area (Å²) in [5, 5.41) is 2.76. The summed E-state index contributed by atoms with van der Waals surface area (Å²) in [5.74, 6) is -0.223. The molecule has 0 spiro atoms. The van der Waals surface area contributed by atoms with Gasteiger partial charge in [0, 0.05) is 13.1 Å². The second-order valence-corrected chi connectivity index (χ2v) is 10.8. The highest BCUT2D eigenvalue weighted by molar-refractivity contribution is 7.92. The summed E-state index contributed by atoms with van der Waals surface area (Å²) >= 11 is 0. The van der Waals surface area contributed by atoms with Crippen molar-refractivity contribution in [2.45, 2.75) is 38.1 Å². The molecule has 0 bridgehead atoms. The second-order valence-electron chi connectivity index (χ2n) is 8.92. The third kappa shape index (κ3) is 7.13. The standard InChI is InChI=1S/C29H35N3O5S/c1-5-30-29(34)23(3)31(20-19-24-9-7-6-8-10-24)28(33)21-32(25-13-15-26(37-4)16-14-25)38(35,36)27-17-11-22(2)12-18-27/h6-18,23H,5,19-21H2,1-4H3,(H,30,34)/t23-/m0/s1. The number of aryl methyl sites for hydroxylation is 1. The van der Waals surface area contributed by atoms with E-state index in [9.17, 15) is 18.0 Å². The predicted molar refractivity (Wildman–Crippen MR) is 149 cm³/mol. The molecule has 9 heteroatoms. The van der Waals surface area contributed by atoms with Crippen LogP contribution in [-0.4, -0.2) is 57.9 Å². The molecule has 0 aromatic heterocycles. The minimum atomic E-state index is -4.10. The van der Waals surface area contributed by atoms with Crippen molar-refractivity contribution in [3.63, 3.8) is 0 Å². The first-order valence-corrected chi connectivity index (χ1v) is 14.0. The fourth-order valence-electron chi connectivity index (χ4n) is 4.01. The van der Waals surface area contributed by atoms with Gasteiger partial charge in [-0.3, -0.25) is 13.9 Å². The molecule has 3 aromatic rings. The number of carbonyl (C=O) groups is 2. The maximum atomic E-state index is 13.8. The van der Waals surface area contributed by atoms with Crippen LogP contribution >= 0.6 is 0 Å². The molecule has 1 N–H and O–H groups in total. The monoisotopic (exact) mass is 537 g/mol. The summed E-state index contributed by atoms with van der Waals surface area (Å²) in [6, 6.07) is 21.8. The van der Waals surface area contributed by atoms with Gasteiger partial charge in [-0.2, -0.15) is 0 Å². The van der Waals surface area contributed by atoms with Crippen molar-refractivity contribution < 1.29 is 22.7 Å². The van der Waals surface area contributed by atoms with Crippen LogP contribution in [0, 0.1) is 6.92 Å². The van der Waals surface area contributed by atoms with Gasteiger partial charge in [0.1, 0.15) is 18.3 Å². The first-order chi connectivity index (χ1) is 18.2. The summed E-state index contributed by atoms with van der Waals surface area (Å²) < 4.78 is 33.9. The van der Waals surface area contributed by atoms with E-state index in [4.69, 9.17) is 4.74 Å². The number of ether oxygens (including phenoxy) is 1. The summed E-state index contributed by atoms with van der Waals surface area (Å²) in [6.07, 6.45) is 0.517. The summed E-state index contributed by atoms with van der Waals surface area (Å²) in [5.41, 5.74) is 2.24. The van der Waals surface area contributed by atoms with Crippen LogP contribution in [0.25, 0.3) is 0 Å². The van der Waals surface area contributed by atoms with E-state index < -0.39 is 28.5 Å². The molecule has 3 rings (SSSR count). The van der Waals surface area contributed by atoms with Crippen LogP contribution in [0.4, 0.5) is 5.69 Å². The van der Waals surface area contributed by atoms with Gasteiger partial charge in [-0.15, -0.1) is 0 Å². The SMILES string of the molecule is CCNC(=O)[C@H](C)N(CCc1ccccc1)C(=O)CN(c1ccc(OC)cc1)S(=O)(=O)c1ccc(C)cc1. The van der Waals surface area contributed by atoms with Crippen molar-refractivity contribution in [2.24, 2.45) is 0 Å². The van der Waals surface area contributed by atoms with Crippen LogP contribution in [-0.2, 0) is 26.0 Å². The van der Waals surface area contributed by atoms with Gasteiger partial charge in [0.05, 0.1) is 17.7 Å². The second kappa shape index (κ2) is 13.1. The normalized spacial score (nSPS) is 11.9. The Labute approximate surface area is 225 Å². The first-order valence-electron chi connectivity index (χ1n) is 12.5. The number of hydrogen-bond donors (Lipinski definition) is 1. The Morgan fingerprint density at radius 1 is 0.947 bits per heavy atom. The molecule has 0 saturated heterocycles. The van der Waals surface area contributed by atoms with Gasteiger partial charge >= 0.3 is 0 Å². The number of methoxy groups -OCH3 is 1. The molecule has 38 heavy (non-hydrogen) atoms. The number of amides is 2. The molecule has 0 aliphatic carbocycles. The number of benzene rings is 3. The third-order valence-corrected chi connectivity index (χ3v) is 8.04. The lowest BCUT2D eigenvalue weighted by Crippen LogP contribution is -2.52. The number of nitrogens with one attached hydrogen (secondary N) is 1. The summed E-state index contributed by atoms with van der Waals surface area (Å²) in [7, 11) is -2.58. The molecule has 8 nitrogen and oxygen atoms in total. The highest BCUT2D eigenvalue weighted by Gasteiger charge is 2.32. The molecule has 0 saturated carbocycles. The molecule has 0 radical (unpaired) electrons. The number of likely N-dealkylation sites (N-methyl/N-ethyl adjacent to an activating group) is 1. The molecule has 202 valence electrons. The Balaban J connectivity index is 1.97. The highest BCUT2D eigenvalue weighted by Crippen LogP contribution is 2.26. The van der Waals surface area contributed by atoms with Gasteiger partial charge in [-0.1, -0.05) is 48.0 Å². The van der Waals surface area contributed by atoms with E-state index in [0.29, 0.717) is 24.4 Å². The molecule has 3 aromatic carbocycles. The van der Waals surface area contributed by atoms with Crippen molar-refractivity contribution in [1.29, 1.82) is 0 Å². The molecule has 0 aliphatic heterocycles. The maximum Gasteiger partial charge on any atom is 0.264 e. The Bertz CT molecular complexity index is 1310. The fourth-order valence-corrected chi connectivity index (χ4v) is 5.42. The molecule has 1 atom stereocenters. The summed E-state index contributed by atoms with van der Waals surface area (Å²) in [6.45, 7) is 5.53. The number of rotatable bonds is 12. The van der Waals surface area contributed by atoms with Crippen LogP contribution in [0.15, 0.2) is 83.8 Å². The third-order valence-electron chi connectivity index (χ3n) is 6.25. The lowest BCUT2D eigenvalue weighted by molar-refractivity contribution is -0.138. The number of nitrogens with zero attached hydrogens (tertiary/aromatic N) is 2. The minimum Gasteiger partial charge on any atom is -0.497 e. The van der Waals surface area contributed by atoms with Crippen LogP contribution in [0.1, 0.15) is 25.0 Å². The minimum absolute atomic E-state index is 0.0688. The highest BCUT2D eigenvalue weighted by atomic mass is 32.2. The molecule has 2 amide bonds. The van der Waals surface area contributed by atoms with Gasteiger partial charge in [-0.05, 0) is 69.2 Å². The molecule has 0 unspecified atom stereocenters. The predicted octanol–water partition coefficient (Wildman–Crippen LogP) is 3.79. The molecule has 0 heterocycles. The van der Waals surface area contributed by atoms with E-state index in [-0.39, 0.29) is 17.3 Å². The van der Waals surface area contributed by atoms with Gasteiger partial charge in [0.15, 0.2) is 0 Å². The van der Waals surface area contributed by atoms with Crippen molar-refractivity contribution in [2.75, 3.05) is 31.0 Å². The molecular formula is C29H35N3O5S. The quantitative estimate of drug-likeness (QED) is 0.379. The van der Waals surface area contributed by atoms with Crippen LogP contribution in [0.5, 0.6) is 5.75 Å². The van der Waals surface area contributed by atoms with Gasteiger partial charge in [0.2, 0.25) is 11.8 Å². The van der Waals surface area contributed by atoms with E-state index in [0.717, 1.165) is 15.4 Å². The zero-order valence-corrected chi connectivity index (χ0v) is 23.1. The Morgan fingerprint density at radius 3 is 2.16 bits per heavy atom. The topological polar surface area (TPSA) is 96.0 Å². The van der Waals surface area contributed by atoms with Crippen molar-refractivity contribution in [3.8, 4) is 5.75 Å². The fraction of sp³-hybridized carbons (Fsp3) is 0.310. The Morgan fingerprint density at radius 2 is 1.58 bits per heavy atom. The molecule has 0 fully saturated rings. The zero-order valence-electron chi connectivity index (χ0n) is 22.3. The van der Waals surface area contributed by atoms with Gasteiger partial charge in [0.25, 0.3) is 10.0 Å². The average molecular weight is 538 g/mol. The van der Waals surface area contributed by atoms with Gasteiger partial charge < -0.3 is 15.0 Å². The van der Waals surface area contributed by atoms with Crippen molar-refractivity contribution in [1.82, 2.24) is 10.2 Å². The Kier molecular flexibility index (Phi) is 9.90. The number of carbonyl (C=O) groups excluding carboxylic acids is 2. The first kappa shape index (κ1) is 28.7. The van der Waals surface area contributed by atoms with E-state index in [1.807, 2.05) is 37.3 Å². The zero-order chi connectivity index (χ0) is 27.7. The van der Waals surface area contributed by atoms with E-state index in [1.165, 1.54) is 24.1 Å².